The number of nitrogen functional groups attached to an aromatic ring is 1. The van der Waals surface area contributed by atoms with Crippen LogP contribution < -0.4 is 11.3 Å². The van der Waals surface area contributed by atoms with Gasteiger partial charge in [-0.2, -0.15) is 5.10 Å². The summed E-state index contributed by atoms with van der Waals surface area (Å²) in [5.74, 6) is 0.237. The minimum atomic E-state index is -0.308. The molecule has 1 aromatic heterocycles. The fourth-order valence-electron chi connectivity index (χ4n) is 2.28. The predicted octanol–water partition coefficient (Wildman–Crippen LogP) is 2.73. The average Bonchev–Trinajstić information content (AvgIpc) is 2.49. The highest BCUT2D eigenvalue weighted by Crippen LogP contribution is 2.21. The Balaban J connectivity index is 2.54. The standard InChI is InChI=1S/C17H22N4O/c1-4-9-21-17(22)14(16(18)19)10-15(20-21)13-7-5-12(6-8-13)11(2)3/h5-8,10-11H,4,9H2,1-3H3,(H3,18,19). The molecule has 0 saturated carbocycles. The molecule has 1 heterocycles. The number of benzene rings is 1. The van der Waals surface area contributed by atoms with E-state index in [9.17, 15) is 4.79 Å². The molecule has 0 bridgehead atoms. The van der Waals surface area contributed by atoms with Gasteiger partial charge >= 0.3 is 0 Å². The first-order valence-electron chi connectivity index (χ1n) is 7.51. The van der Waals surface area contributed by atoms with Crippen molar-refractivity contribution in [2.45, 2.75) is 39.7 Å². The van der Waals surface area contributed by atoms with Crippen molar-refractivity contribution in [3.63, 3.8) is 0 Å². The molecule has 22 heavy (non-hydrogen) atoms. The van der Waals surface area contributed by atoms with E-state index in [0.717, 1.165) is 12.0 Å². The number of amidine groups is 1. The lowest BCUT2D eigenvalue weighted by molar-refractivity contribution is 0.569. The Morgan fingerprint density at radius 3 is 2.45 bits per heavy atom. The van der Waals surface area contributed by atoms with Crippen LogP contribution >= 0.6 is 0 Å². The Kier molecular flexibility index (Phi) is 4.75. The molecule has 0 aliphatic carbocycles. The second-order valence-corrected chi connectivity index (χ2v) is 5.66. The molecule has 1 aromatic carbocycles. The van der Waals surface area contributed by atoms with Crippen LogP contribution in [0.1, 0.15) is 44.2 Å². The molecule has 0 spiro atoms. The van der Waals surface area contributed by atoms with Gasteiger partial charge in [0.05, 0.1) is 11.3 Å². The van der Waals surface area contributed by atoms with Crippen LogP contribution in [0.2, 0.25) is 0 Å². The van der Waals surface area contributed by atoms with E-state index in [4.69, 9.17) is 11.1 Å². The fourth-order valence-corrected chi connectivity index (χ4v) is 2.28. The third kappa shape index (κ3) is 3.24. The van der Waals surface area contributed by atoms with Gasteiger partial charge in [0.15, 0.2) is 0 Å². The SMILES string of the molecule is CCCn1nc(-c2ccc(C(C)C)cc2)cc(C(=N)N)c1=O. The maximum absolute atomic E-state index is 12.2. The highest BCUT2D eigenvalue weighted by atomic mass is 16.1. The van der Waals surface area contributed by atoms with Crippen molar-refractivity contribution < 1.29 is 0 Å². The van der Waals surface area contributed by atoms with Gasteiger partial charge in [0.2, 0.25) is 0 Å². The van der Waals surface area contributed by atoms with Crippen LogP contribution in [-0.2, 0) is 6.54 Å². The first-order chi connectivity index (χ1) is 10.4. The summed E-state index contributed by atoms with van der Waals surface area (Å²) in [5.41, 5.74) is 8.25. The first-order valence-corrected chi connectivity index (χ1v) is 7.51. The number of hydrogen-bond donors (Lipinski definition) is 2. The monoisotopic (exact) mass is 298 g/mol. The summed E-state index contributed by atoms with van der Waals surface area (Å²) in [6, 6.07) is 9.70. The molecular weight excluding hydrogens is 276 g/mol. The number of nitrogens with two attached hydrogens (primary N) is 1. The summed E-state index contributed by atoms with van der Waals surface area (Å²) < 4.78 is 1.39. The zero-order chi connectivity index (χ0) is 16.3. The summed E-state index contributed by atoms with van der Waals surface area (Å²) in [5, 5.41) is 12.0. The van der Waals surface area contributed by atoms with E-state index in [-0.39, 0.29) is 17.0 Å². The van der Waals surface area contributed by atoms with Gasteiger partial charge in [-0.3, -0.25) is 10.2 Å². The average molecular weight is 298 g/mol. The summed E-state index contributed by atoms with van der Waals surface area (Å²) in [4.78, 5) is 12.2. The quantitative estimate of drug-likeness (QED) is 0.657. The number of aryl methyl sites for hydroxylation is 1. The van der Waals surface area contributed by atoms with Crippen molar-refractivity contribution in [2.75, 3.05) is 0 Å². The molecule has 0 amide bonds. The maximum Gasteiger partial charge on any atom is 0.277 e. The molecule has 0 fully saturated rings. The van der Waals surface area contributed by atoms with E-state index in [0.29, 0.717) is 18.2 Å². The van der Waals surface area contributed by atoms with Crippen molar-refractivity contribution >= 4 is 5.84 Å². The Morgan fingerprint density at radius 1 is 1.32 bits per heavy atom. The number of nitrogens with zero attached hydrogens (tertiary/aromatic N) is 2. The molecule has 0 atom stereocenters. The van der Waals surface area contributed by atoms with Crippen LogP contribution in [-0.4, -0.2) is 15.6 Å². The normalized spacial score (nSPS) is 10.9. The molecule has 0 unspecified atom stereocenters. The largest absolute Gasteiger partial charge is 0.384 e. The summed E-state index contributed by atoms with van der Waals surface area (Å²) in [6.07, 6.45) is 0.792. The Bertz CT molecular complexity index is 729. The Labute approximate surface area is 130 Å². The molecule has 2 rings (SSSR count). The van der Waals surface area contributed by atoms with Gasteiger partial charge in [0, 0.05) is 12.1 Å². The van der Waals surface area contributed by atoms with Gasteiger partial charge in [-0.1, -0.05) is 45.0 Å². The third-order valence-electron chi connectivity index (χ3n) is 3.57. The van der Waals surface area contributed by atoms with Gasteiger partial charge < -0.3 is 5.73 Å². The molecular formula is C17H22N4O. The number of hydrogen-bond acceptors (Lipinski definition) is 3. The molecule has 0 radical (unpaired) electrons. The lowest BCUT2D eigenvalue weighted by atomic mass is 10.0. The van der Waals surface area contributed by atoms with Gasteiger partial charge in [0.25, 0.3) is 5.56 Å². The van der Waals surface area contributed by atoms with Crippen LogP contribution in [0.25, 0.3) is 11.3 Å². The van der Waals surface area contributed by atoms with Gasteiger partial charge in [-0.05, 0) is 24.0 Å². The summed E-state index contributed by atoms with van der Waals surface area (Å²) >= 11 is 0. The van der Waals surface area contributed by atoms with E-state index in [2.05, 4.69) is 31.1 Å². The van der Waals surface area contributed by atoms with E-state index in [1.54, 1.807) is 6.07 Å². The van der Waals surface area contributed by atoms with Crippen LogP contribution in [0.4, 0.5) is 0 Å². The fraction of sp³-hybridized carbons (Fsp3) is 0.353. The molecule has 0 aliphatic rings. The number of rotatable bonds is 5. The van der Waals surface area contributed by atoms with Crippen molar-refractivity contribution in [3.05, 3.63) is 51.8 Å². The van der Waals surface area contributed by atoms with E-state index >= 15 is 0 Å². The van der Waals surface area contributed by atoms with Gasteiger partial charge in [-0.25, -0.2) is 4.68 Å². The molecule has 5 nitrogen and oxygen atoms in total. The smallest absolute Gasteiger partial charge is 0.277 e. The van der Waals surface area contributed by atoms with Gasteiger partial charge in [0.1, 0.15) is 5.84 Å². The van der Waals surface area contributed by atoms with E-state index in [1.165, 1.54) is 10.2 Å². The summed E-state index contributed by atoms with van der Waals surface area (Å²) in [7, 11) is 0. The van der Waals surface area contributed by atoms with Crippen molar-refractivity contribution in [3.8, 4) is 11.3 Å². The molecule has 116 valence electrons. The minimum Gasteiger partial charge on any atom is -0.384 e. The molecule has 0 saturated heterocycles. The zero-order valence-electron chi connectivity index (χ0n) is 13.3. The van der Waals surface area contributed by atoms with Crippen LogP contribution in [0, 0.1) is 5.41 Å². The highest BCUT2D eigenvalue weighted by Gasteiger charge is 2.12. The van der Waals surface area contributed by atoms with E-state index < -0.39 is 0 Å². The minimum absolute atomic E-state index is 0.200. The van der Waals surface area contributed by atoms with Crippen molar-refractivity contribution in [1.82, 2.24) is 9.78 Å². The highest BCUT2D eigenvalue weighted by molar-refractivity contribution is 5.95. The van der Waals surface area contributed by atoms with E-state index in [1.807, 2.05) is 19.1 Å². The molecule has 0 aliphatic heterocycles. The first kappa shape index (κ1) is 15.9. The molecule has 2 aromatic rings. The zero-order valence-corrected chi connectivity index (χ0v) is 13.3. The van der Waals surface area contributed by atoms with Crippen LogP contribution in [0.15, 0.2) is 35.1 Å². The van der Waals surface area contributed by atoms with Crippen molar-refractivity contribution in [2.24, 2.45) is 5.73 Å². The Morgan fingerprint density at radius 2 is 1.95 bits per heavy atom. The van der Waals surface area contributed by atoms with Crippen LogP contribution in [0.5, 0.6) is 0 Å². The lowest BCUT2D eigenvalue weighted by Crippen LogP contribution is -2.31. The topological polar surface area (TPSA) is 84.8 Å². The third-order valence-corrected chi connectivity index (χ3v) is 3.57. The molecule has 5 heteroatoms. The maximum atomic E-state index is 12.2. The van der Waals surface area contributed by atoms with Crippen LogP contribution in [0.3, 0.4) is 0 Å². The predicted molar refractivity (Wildman–Crippen MR) is 89.3 cm³/mol. The second-order valence-electron chi connectivity index (χ2n) is 5.66. The second kappa shape index (κ2) is 6.56. The van der Waals surface area contributed by atoms with Crippen molar-refractivity contribution in [1.29, 1.82) is 5.41 Å². The molecule has 3 N–H and O–H groups in total. The number of aromatic nitrogens is 2. The van der Waals surface area contributed by atoms with Gasteiger partial charge in [-0.15, -0.1) is 0 Å². The summed E-state index contributed by atoms with van der Waals surface area (Å²) in [6.45, 7) is 6.77. The number of nitrogens with one attached hydrogen (secondary N) is 1. The Hall–Kier alpha value is -2.43. The lowest BCUT2D eigenvalue weighted by Gasteiger charge is -2.10.